The van der Waals surface area contributed by atoms with E-state index in [4.69, 9.17) is 0 Å². The lowest BCUT2D eigenvalue weighted by molar-refractivity contribution is -0.115. The van der Waals surface area contributed by atoms with Crippen LogP contribution in [0.25, 0.3) is 0 Å². The summed E-state index contributed by atoms with van der Waals surface area (Å²) < 4.78 is 0. The fraction of sp³-hybridized carbons (Fsp3) is 0.333. The third kappa shape index (κ3) is 3.38. The number of carbonyl (C=O) groups excluding carboxylic acids is 1. The molecule has 0 spiro atoms. The normalized spacial score (nSPS) is 10.8. The fourth-order valence-electron chi connectivity index (χ4n) is 1.35. The lowest BCUT2D eigenvalue weighted by Crippen LogP contribution is -2.13. The van der Waals surface area contributed by atoms with Gasteiger partial charge in [0, 0.05) is 16.0 Å². The predicted octanol–water partition coefficient (Wildman–Crippen LogP) is 3.51. The highest BCUT2D eigenvalue weighted by Crippen LogP contribution is 2.25. The Morgan fingerprint density at radius 2 is 2.35 bits per heavy atom. The Morgan fingerprint density at radius 3 is 2.94 bits per heavy atom. The lowest BCUT2D eigenvalue weighted by atomic mass is 10.2. The Hall–Kier alpha value is -1.20. The first kappa shape index (κ1) is 12.3. The monoisotopic (exact) mass is 266 g/mol. The molecule has 0 aliphatic heterocycles. The lowest BCUT2D eigenvalue weighted by Gasteiger charge is -1.99. The van der Waals surface area contributed by atoms with Crippen LogP contribution in [0.15, 0.2) is 23.7 Å². The molecule has 0 aliphatic carbocycles. The molecule has 0 bridgehead atoms. The zero-order valence-corrected chi connectivity index (χ0v) is 11.4. The molecule has 5 heteroatoms. The second-order valence-electron chi connectivity index (χ2n) is 4.03. The van der Waals surface area contributed by atoms with E-state index in [1.807, 2.05) is 23.7 Å². The van der Waals surface area contributed by atoms with Crippen LogP contribution in [0.3, 0.4) is 0 Å². The van der Waals surface area contributed by atoms with Gasteiger partial charge in [-0.25, -0.2) is 4.98 Å². The summed E-state index contributed by atoms with van der Waals surface area (Å²) in [5.41, 5.74) is 0. The van der Waals surface area contributed by atoms with Gasteiger partial charge in [-0.2, -0.15) is 0 Å². The average molecular weight is 266 g/mol. The molecule has 1 N–H and O–H groups in total. The molecule has 0 fully saturated rings. The zero-order chi connectivity index (χ0) is 12.3. The molecule has 0 saturated heterocycles. The molecule has 90 valence electrons. The van der Waals surface area contributed by atoms with Crippen molar-refractivity contribution in [2.24, 2.45) is 0 Å². The van der Waals surface area contributed by atoms with Crippen molar-refractivity contribution in [1.29, 1.82) is 0 Å². The van der Waals surface area contributed by atoms with E-state index >= 15 is 0 Å². The third-order valence-electron chi connectivity index (χ3n) is 2.25. The van der Waals surface area contributed by atoms with Gasteiger partial charge in [0.1, 0.15) is 0 Å². The molecule has 2 heterocycles. The van der Waals surface area contributed by atoms with Gasteiger partial charge < -0.3 is 5.32 Å². The molecule has 0 atom stereocenters. The van der Waals surface area contributed by atoms with E-state index in [0.717, 1.165) is 4.88 Å². The molecule has 0 aliphatic rings. The number of nitrogens with zero attached hydrogens (tertiary/aromatic N) is 1. The van der Waals surface area contributed by atoms with Crippen LogP contribution < -0.4 is 5.32 Å². The summed E-state index contributed by atoms with van der Waals surface area (Å²) in [6.07, 6.45) is 2.25. The van der Waals surface area contributed by atoms with Gasteiger partial charge in [0.25, 0.3) is 0 Å². The number of carbonyl (C=O) groups is 1. The van der Waals surface area contributed by atoms with Crippen LogP contribution in [0.1, 0.15) is 29.5 Å². The van der Waals surface area contributed by atoms with Crippen molar-refractivity contribution in [3.63, 3.8) is 0 Å². The number of hydrogen-bond donors (Lipinski definition) is 1. The van der Waals surface area contributed by atoms with Gasteiger partial charge in [-0.1, -0.05) is 19.9 Å². The molecule has 0 saturated carbocycles. The minimum Gasteiger partial charge on any atom is -0.302 e. The third-order valence-corrected chi connectivity index (χ3v) is 4.34. The van der Waals surface area contributed by atoms with Crippen LogP contribution in [0.2, 0.25) is 0 Å². The van der Waals surface area contributed by atoms with Crippen LogP contribution in [-0.4, -0.2) is 10.9 Å². The fourth-order valence-corrected chi connectivity index (χ4v) is 2.88. The quantitative estimate of drug-likeness (QED) is 0.920. The van der Waals surface area contributed by atoms with E-state index in [1.54, 1.807) is 22.7 Å². The predicted molar refractivity (Wildman–Crippen MR) is 72.9 cm³/mol. The van der Waals surface area contributed by atoms with Gasteiger partial charge in [0.05, 0.1) is 6.42 Å². The molecule has 2 rings (SSSR count). The Balaban J connectivity index is 1.93. The molecule has 1 amide bonds. The largest absolute Gasteiger partial charge is 0.302 e. The van der Waals surface area contributed by atoms with E-state index in [9.17, 15) is 4.79 Å². The number of amides is 1. The Kier molecular flexibility index (Phi) is 3.91. The van der Waals surface area contributed by atoms with E-state index in [-0.39, 0.29) is 5.91 Å². The summed E-state index contributed by atoms with van der Waals surface area (Å²) in [7, 11) is 0. The molecule has 0 radical (unpaired) electrons. The summed E-state index contributed by atoms with van der Waals surface area (Å²) >= 11 is 3.14. The molecule has 3 nitrogen and oxygen atoms in total. The number of hydrogen-bond acceptors (Lipinski definition) is 4. The second kappa shape index (κ2) is 5.42. The van der Waals surface area contributed by atoms with Crippen molar-refractivity contribution >= 4 is 33.7 Å². The topological polar surface area (TPSA) is 42.0 Å². The molecule has 0 unspecified atom stereocenters. The van der Waals surface area contributed by atoms with Gasteiger partial charge in [0.15, 0.2) is 5.13 Å². The highest BCUT2D eigenvalue weighted by molar-refractivity contribution is 7.15. The number of rotatable bonds is 4. The van der Waals surface area contributed by atoms with Crippen LogP contribution in [0.4, 0.5) is 5.13 Å². The van der Waals surface area contributed by atoms with E-state index in [0.29, 0.717) is 17.5 Å². The molecule has 2 aromatic rings. The minimum atomic E-state index is -0.00268. The first-order valence-electron chi connectivity index (χ1n) is 5.43. The Bertz CT molecular complexity index is 488. The second-order valence-corrected chi connectivity index (χ2v) is 6.12. The van der Waals surface area contributed by atoms with Crippen molar-refractivity contribution in [2.75, 3.05) is 5.32 Å². The highest BCUT2D eigenvalue weighted by Gasteiger charge is 2.09. The Labute approximate surface area is 109 Å². The molecule has 17 heavy (non-hydrogen) atoms. The number of nitrogens with one attached hydrogen (secondary N) is 1. The smallest absolute Gasteiger partial charge is 0.231 e. The van der Waals surface area contributed by atoms with Crippen LogP contribution >= 0.6 is 22.7 Å². The maximum atomic E-state index is 11.7. The van der Waals surface area contributed by atoms with E-state index in [2.05, 4.69) is 24.1 Å². The average Bonchev–Trinajstić information content (AvgIpc) is 2.88. The summed E-state index contributed by atoms with van der Waals surface area (Å²) in [6, 6.07) is 3.92. The van der Waals surface area contributed by atoms with Gasteiger partial charge in [-0.05, 0) is 17.4 Å². The zero-order valence-electron chi connectivity index (χ0n) is 9.77. The number of aromatic nitrogens is 1. The summed E-state index contributed by atoms with van der Waals surface area (Å²) in [6.45, 7) is 4.23. The number of anilines is 1. The SMILES string of the molecule is CC(C)c1cnc(NC(=O)Cc2cccs2)s1. The minimum absolute atomic E-state index is 0.00268. The maximum absolute atomic E-state index is 11.7. The molecular formula is C12H14N2OS2. The summed E-state index contributed by atoms with van der Waals surface area (Å²) in [5, 5.41) is 5.50. The van der Waals surface area contributed by atoms with Gasteiger partial charge in [-0.15, -0.1) is 22.7 Å². The standard InChI is InChI=1S/C12H14N2OS2/c1-8(2)10-7-13-12(17-10)14-11(15)6-9-4-3-5-16-9/h3-5,7-8H,6H2,1-2H3,(H,13,14,15). The van der Waals surface area contributed by atoms with Crippen LogP contribution in [-0.2, 0) is 11.2 Å². The van der Waals surface area contributed by atoms with Crippen molar-refractivity contribution in [3.8, 4) is 0 Å². The molecule has 2 aromatic heterocycles. The first-order chi connectivity index (χ1) is 8.15. The number of thiophene rings is 1. The van der Waals surface area contributed by atoms with Gasteiger partial charge in [-0.3, -0.25) is 4.79 Å². The molecule has 0 aromatic carbocycles. The number of thiazole rings is 1. The van der Waals surface area contributed by atoms with Crippen molar-refractivity contribution in [3.05, 3.63) is 33.5 Å². The Morgan fingerprint density at radius 1 is 1.53 bits per heavy atom. The summed E-state index contributed by atoms with van der Waals surface area (Å²) in [4.78, 5) is 18.2. The van der Waals surface area contributed by atoms with Crippen molar-refractivity contribution < 1.29 is 4.79 Å². The van der Waals surface area contributed by atoms with Gasteiger partial charge in [0.2, 0.25) is 5.91 Å². The van der Waals surface area contributed by atoms with E-state index in [1.165, 1.54) is 4.88 Å². The summed E-state index contributed by atoms with van der Waals surface area (Å²) in [5.74, 6) is 0.451. The van der Waals surface area contributed by atoms with Crippen molar-refractivity contribution in [1.82, 2.24) is 4.98 Å². The maximum Gasteiger partial charge on any atom is 0.231 e. The van der Waals surface area contributed by atoms with Crippen molar-refractivity contribution in [2.45, 2.75) is 26.2 Å². The highest BCUT2D eigenvalue weighted by atomic mass is 32.1. The van der Waals surface area contributed by atoms with Crippen LogP contribution in [0.5, 0.6) is 0 Å². The van der Waals surface area contributed by atoms with E-state index < -0.39 is 0 Å². The first-order valence-corrected chi connectivity index (χ1v) is 7.12. The van der Waals surface area contributed by atoms with Gasteiger partial charge >= 0.3 is 0 Å². The van der Waals surface area contributed by atoms with Crippen LogP contribution in [0, 0.1) is 0 Å². The molecular weight excluding hydrogens is 252 g/mol.